The van der Waals surface area contributed by atoms with Crippen molar-refractivity contribution in [3.05, 3.63) is 105 Å². The van der Waals surface area contributed by atoms with Crippen LogP contribution in [-0.4, -0.2) is 23.0 Å². The van der Waals surface area contributed by atoms with Crippen molar-refractivity contribution in [2.24, 2.45) is 5.92 Å². The average molecular weight is 519 g/mol. The number of rotatable bonds is 7. The van der Waals surface area contributed by atoms with Crippen molar-refractivity contribution in [2.75, 3.05) is 0 Å². The van der Waals surface area contributed by atoms with Crippen LogP contribution < -0.4 is 0 Å². The monoisotopic (exact) mass is 518 g/mol. The minimum Gasteiger partial charge on any atom is -0.358 e. The van der Waals surface area contributed by atoms with E-state index >= 15 is 0 Å². The molecule has 1 aliphatic carbocycles. The summed E-state index contributed by atoms with van der Waals surface area (Å²) < 4.78 is 6.68. The van der Waals surface area contributed by atoms with Crippen molar-refractivity contribution in [1.29, 1.82) is 5.26 Å². The van der Waals surface area contributed by atoms with Crippen molar-refractivity contribution < 1.29 is 9.53 Å². The molecule has 0 N–H and O–H groups in total. The summed E-state index contributed by atoms with van der Waals surface area (Å²) in [6, 6.07) is 24.8. The number of nitrogens with zero attached hydrogens (tertiary/aromatic N) is 2. The van der Waals surface area contributed by atoms with E-state index in [0.717, 1.165) is 36.0 Å². The molecular formula is C30H28Cl2N2O2. The second-order valence-electron chi connectivity index (χ2n) is 9.66. The Kier molecular flexibility index (Phi) is 7.34. The lowest BCUT2D eigenvalue weighted by molar-refractivity contribution is -0.180. The Labute approximate surface area is 222 Å². The van der Waals surface area contributed by atoms with E-state index in [0.29, 0.717) is 27.9 Å². The molecule has 4 atom stereocenters. The summed E-state index contributed by atoms with van der Waals surface area (Å²) in [7, 11) is 0. The topological polar surface area (TPSA) is 53.3 Å². The van der Waals surface area contributed by atoms with Crippen LogP contribution in [0.2, 0.25) is 10.0 Å². The second kappa shape index (κ2) is 10.6. The Morgan fingerprint density at radius 2 is 1.53 bits per heavy atom. The summed E-state index contributed by atoms with van der Waals surface area (Å²) in [5.74, 6) is 0.525. The molecule has 184 valence electrons. The van der Waals surface area contributed by atoms with E-state index in [-0.39, 0.29) is 24.1 Å². The molecular weight excluding hydrogens is 491 g/mol. The van der Waals surface area contributed by atoms with Gasteiger partial charge in [0.25, 0.3) is 5.91 Å². The van der Waals surface area contributed by atoms with E-state index in [2.05, 4.69) is 17.9 Å². The van der Waals surface area contributed by atoms with Crippen LogP contribution in [0, 0.1) is 17.2 Å². The third-order valence-corrected chi connectivity index (χ3v) is 7.79. The van der Waals surface area contributed by atoms with Gasteiger partial charge in [-0.3, -0.25) is 4.79 Å². The number of morpholine rings is 1. The van der Waals surface area contributed by atoms with Crippen LogP contribution in [0.1, 0.15) is 60.6 Å². The van der Waals surface area contributed by atoms with Gasteiger partial charge in [-0.25, -0.2) is 0 Å². The zero-order valence-corrected chi connectivity index (χ0v) is 21.6. The molecule has 0 spiro atoms. The Balaban J connectivity index is 1.58. The van der Waals surface area contributed by atoms with Crippen molar-refractivity contribution in [2.45, 2.75) is 56.9 Å². The van der Waals surface area contributed by atoms with Crippen LogP contribution in [0.4, 0.5) is 0 Å². The maximum absolute atomic E-state index is 14.2. The zero-order valence-electron chi connectivity index (χ0n) is 20.1. The Morgan fingerprint density at radius 3 is 2.06 bits per heavy atom. The van der Waals surface area contributed by atoms with Gasteiger partial charge in [0.2, 0.25) is 0 Å². The van der Waals surface area contributed by atoms with Gasteiger partial charge in [0.05, 0.1) is 17.7 Å². The lowest BCUT2D eigenvalue weighted by Gasteiger charge is -2.48. The van der Waals surface area contributed by atoms with Gasteiger partial charge in [0, 0.05) is 22.5 Å². The van der Waals surface area contributed by atoms with Gasteiger partial charge in [-0.2, -0.15) is 5.26 Å². The first-order chi connectivity index (χ1) is 17.5. The highest BCUT2D eigenvalue weighted by molar-refractivity contribution is 6.30. The van der Waals surface area contributed by atoms with Crippen LogP contribution >= 0.6 is 23.2 Å². The predicted molar refractivity (Wildman–Crippen MR) is 142 cm³/mol. The molecule has 1 aliphatic heterocycles. The van der Waals surface area contributed by atoms with E-state index in [1.54, 1.807) is 12.1 Å². The summed E-state index contributed by atoms with van der Waals surface area (Å²) >= 11 is 12.4. The van der Waals surface area contributed by atoms with Gasteiger partial charge in [0.1, 0.15) is 12.2 Å². The Bertz CT molecular complexity index is 1250. The molecule has 0 aromatic heterocycles. The lowest BCUT2D eigenvalue weighted by Crippen LogP contribution is -2.55. The minimum absolute atomic E-state index is 0.0169. The van der Waals surface area contributed by atoms with Crippen LogP contribution in [0.3, 0.4) is 0 Å². The fourth-order valence-corrected chi connectivity index (χ4v) is 5.59. The number of ether oxygens (including phenoxy) is 1. The molecule has 0 bridgehead atoms. The molecule has 1 saturated carbocycles. The molecule has 2 aliphatic rings. The van der Waals surface area contributed by atoms with E-state index in [4.69, 9.17) is 33.2 Å². The fraction of sp³-hybridized carbons (Fsp3) is 0.333. The number of carbonyl (C=O) groups excluding carboxylic acids is 1. The highest BCUT2D eigenvalue weighted by atomic mass is 35.5. The molecule has 1 saturated heterocycles. The Hall–Kier alpha value is -2.84. The predicted octanol–water partition coefficient (Wildman–Crippen LogP) is 7.31. The summed E-state index contributed by atoms with van der Waals surface area (Å²) in [6.07, 6.45) is 2.62. The maximum atomic E-state index is 14.2. The van der Waals surface area contributed by atoms with Crippen LogP contribution in [0.25, 0.3) is 0 Å². The molecule has 0 unspecified atom stereocenters. The summed E-state index contributed by atoms with van der Waals surface area (Å²) in [5.41, 5.74) is 3.54. The molecule has 36 heavy (non-hydrogen) atoms. The smallest absolute Gasteiger partial charge is 0.252 e. The average Bonchev–Trinajstić information content (AvgIpc) is 3.73. The fourth-order valence-electron chi connectivity index (χ4n) is 5.34. The number of nitriles is 1. The molecule has 2 fully saturated rings. The first-order valence-electron chi connectivity index (χ1n) is 12.5. The summed E-state index contributed by atoms with van der Waals surface area (Å²) in [4.78, 5) is 16.3. The summed E-state index contributed by atoms with van der Waals surface area (Å²) in [5, 5.41) is 10.5. The van der Waals surface area contributed by atoms with Crippen LogP contribution in [0.15, 0.2) is 72.8 Å². The van der Waals surface area contributed by atoms with Gasteiger partial charge in [-0.1, -0.05) is 66.5 Å². The molecule has 0 radical (unpaired) electrons. The molecule has 3 aromatic rings. The van der Waals surface area contributed by atoms with Gasteiger partial charge >= 0.3 is 0 Å². The van der Waals surface area contributed by atoms with Crippen molar-refractivity contribution >= 4 is 29.1 Å². The molecule has 6 heteroatoms. The quantitative estimate of drug-likeness (QED) is 0.329. The van der Waals surface area contributed by atoms with E-state index in [9.17, 15) is 4.79 Å². The second-order valence-corrected chi connectivity index (χ2v) is 10.5. The van der Waals surface area contributed by atoms with Gasteiger partial charge in [-0.05, 0) is 78.3 Å². The van der Waals surface area contributed by atoms with Crippen molar-refractivity contribution in [3.63, 3.8) is 0 Å². The molecule has 1 amide bonds. The lowest BCUT2D eigenvalue weighted by atomic mass is 9.88. The molecule has 1 heterocycles. The Morgan fingerprint density at radius 1 is 0.944 bits per heavy atom. The number of hydrogen-bond acceptors (Lipinski definition) is 3. The van der Waals surface area contributed by atoms with Gasteiger partial charge in [0.15, 0.2) is 0 Å². The van der Waals surface area contributed by atoms with Crippen LogP contribution in [-0.2, 0) is 16.0 Å². The highest BCUT2D eigenvalue weighted by Gasteiger charge is 2.49. The van der Waals surface area contributed by atoms with Gasteiger partial charge < -0.3 is 9.64 Å². The number of halogens is 2. The van der Waals surface area contributed by atoms with Crippen LogP contribution in [0.5, 0.6) is 0 Å². The minimum atomic E-state index is -0.630. The number of benzene rings is 3. The highest BCUT2D eigenvalue weighted by Crippen LogP contribution is 2.48. The van der Waals surface area contributed by atoms with Gasteiger partial charge in [-0.15, -0.1) is 0 Å². The first kappa shape index (κ1) is 24.8. The maximum Gasteiger partial charge on any atom is 0.252 e. The number of carbonyl (C=O) groups is 1. The van der Waals surface area contributed by atoms with Crippen molar-refractivity contribution in [1.82, 2.24) is 4.90 Å². The molecule has 3 aromatic carbocycles. The first-order valence-corrected chi connectivity index (χ1v) is 13.2. The van der Waals surface area contributed by atoms with E-state index in [1.165, 1.54) is 0 Å². The zero-order chi connectivity index (χ0) is 25.2. The largest absolute Gasteiger partial charge is 0.358 e. The van der Waals surface area contributed by atoms with E-state index < -0.39 is 6.10 Å². The van der Waals surface area contributed by atoms with Crippen molar-refractivity contribution in [3.8, 4) is 6.07 Å². The molecule has 5 rings (SSSR count). The number of amides is 1. The third kappa shape index (κ3) is 5.15. The third-order valence-electron chi connectivity index (χ3n) is 7.28. The normalized spacial score (nSPS) is 22.8. The standard InChI is InChI=1S/C30H28Cl2N2O2/c1-2-26(21-7-8-21)34-28(22-9-13-24(31)14-10-22)29(23-11-15-25(32)16-12-23)36-27(30(34)35)17-19-3-5-20(18-33)6-4-19/h3-6,9-16,21,26-29H,2,7-8,17H2,1H3/t26-,27-,28+,29-/m1/s1. The SMILES string of the molecule is CC[C@H](C1CC1)N1C(=O)[C@@H](Cc2ccc(C#N)cc2)O[C@H](c2ccc(Cl)cc2)[C@@H]1c1ccc(Cl)cc1. The van der Waals surface area contributed by atoms with E-state index in [1.807, 2.05) is 60.7 Å². The summed E-state index contributed by atoms with van der Waals surface area (Å²) in [6.45, 7) is 2.16. The molecule has 4 nitrogen and oxygen atoms in total. The number of hydrogen-bond donors (Lipinski definition) is 0.